The van der Waals surface area contributed by atoms with Crippen LogP contribution in [-0.2, 0) is 14.3 Å². The number of hydrogen-bond donors (Lipinski definition) is 2. The van der Waals surface area contributed by atoms with E-state index in [9.17, 15) is 14.7 Å². The third kappa shape index (κ3) is 4.43. The van der Waals surface area contributed by atoms with E-state index in [1.807, 2.05) is 30.3 Å². The molecule has 0 heterocycles. The van der Waals surface area contributed by atoms with Gasteiger partial charge in [-0.3, -0.25) is 4.79 Å². The van der Waals surface area contributed by atoms with Crippen LogP contribution < -0.4 is 5.32 Å². The van der Waals surface area contributed by atoms with Crippen LogP contribution in [0.5, 0.6) is 0 Å². The molecule has 5 heteroatoms. The summed E-state index contributed by atoms with van der Waals surface area (Å²) in [5.41, 5.74) is 0.929. The van der Waals surface area contributed by atoms with Crippen LogP contribution in [0.3, 0.4) is 0 Å². The summed E-state index contributed by atoms with van der Waals surface area (Å²) in [6.45, 7) is 3.69. The van der Waals surface area contributed by atoms with Crippen molar-refractivity contribution in [1.82, 2.24) is 5.32 Å². The van der Waals surface area contributed by atoms with Gasteiger partial charge in [0, 0.05) is 0 Å². The van der Waals surface area contributed by atoms with Gasteiger partial charge in [0.05, 0.1) is 19.1 Å². The van der Waals surface area contributed by atoms with Crippen molar-refractivity contribution in [2.24, 2.45) is 5.92 Å². The summed E-state index contributed by atoms with van der Waals surface area (Å²) in [6, 6.07) is 8.45. The van der Waals surface area contributed by atoms with Crippen LogP contribution in [0.4, 0.5) is 0 Å². The van der Waals surface area contributed by atoms with E-state index in [2.05, 4.69) is 11.9 Å². The summed E-state index contributed by atoms with van der Waals surface area (Å²) in [4.78, 5) is 23.8. The van der Waals surface area contributed by atoms with E-state index < -0.39 is 12.0 Å². The number of carbonyl (C=O) groups excluding carboxylic acids is 1. The molecule has 0 aliphatic heterocycles. The highest BCUT2D eigenvalue weighted by Crippen LogP contribution is 2.42. The standard InChI is InChI=1S/C17H21NO4/c1-2-10-22-11-14(17(20)21)18-16(19)15(13-8-9-13)12-6-4-3-5-7-12/h2-7,13-15H,1,8-11H2,(H,18,19)(H,20,21). The Kier molecular flexibility index (Phi) is 5.72. The molecule has 1 amide bonds. The van der Waals surface area contributed by atoms with Crippen LogP contribution in [-0.4, -0.2) is 36.2 Å². The molecule has 1 aromatic carbocycles. The predicted molar refractivity (Wildman–Crippen MR) is 82.5 cm³/mol. The Morgan fingerprint density at radius 3 is 2.59 bits per heavy atom. The number of carbonyl (C=O) groups is 2. The summed E-state index contributed by atoms with van der Waals surface area (Å²) >= 11 is 0. The molecule has 118 valence electrons. The van der Waals surface area contributed by atoms with Gasteiger partial charge in [-0.25, -0.2) is 4.79 Å². The molecule has 0 bridgehead atoms. The SMILES string of the molecule is C=CCOCC(NC(=O)C(c1ccccc1)C1CC1)C(=O)O. The van der Waals surface area contributed by atoms with Crippen molar-refractivity contribution in [3.63, 3.8) is 0 Å². The maximum Gasteiger partial charge on any atom is 0.328 e. The maximum absolute atomic E-state index is 12.5. The molecule has 1 aliphatic rings. The van der Waals surface area contributed by atoms with Gasteiger partial charge < -0.3 is 15.2 Å². The Morgan fingerprint density at radius 2 is 2.05 bits per heavy atom. The highest BCUT2D eigenvalue weighted by atomic mass is 16.5. The number of ether oxygens (including phenoxy) is 1. The summed E-state index contributed by atoms with van der Waals surface area (Å²) in [7, 11) is 0. The fourth-order valence-corrected chi connectivity index (χ4v) is 2.43. The molecular weight excluding hydrogens is 282 g/mol. The van der Waals surface area contributed by atoms with Crippen molar-refractivity contribution in [2.45, 2.75) is 24.8 Å². The third-order valence-corrected chi connectivity index (χ3v) is 3.67. The zero-order valence-electron chi connectivity index (χ0n) is 12.4. The topological polar surface area (TPSA) is 75.6 Å². The van der Waals surface area contributed by atoms with Gasteiger partial charge in [-0.05, 0) is 24.3 Å². The van der Waals surface area contributed by atoms with Gasteiger partial charge in [0.2, 0.25) is 5.91 Å². The van der Waals surface area contributed by atoms with E-state index in [1.54, 1.807) is 0 Å². The van der Waals surface area contributed by atoms with Crippen LogP contribution in [0.1, 0.15) is 24.3 Å². The first kappa shape index (κ1) is 16.2. The fraction of sp³-hybridized carbons (Fsp3) is 0.412. The molecule has 1 aromatic rings. The number of rotatable bonds is 9. The summed E-state index contributed by atoms with van der Waals surface area (Å²) < 4.78 is 5.16. The van der Waals surface area contributed by atoms with Gasteiger partial charge in [0.1, 0.15) is 0 Å². The van der Waals surface area contributed by atoms with E-state index in [0.717, 1.165) is 18.4 Å². The Bertz CT molecular complexity index is 525. The van der Waals surface area contributed by atoms with Crippen LogP contribution in [0.2, 0.25) is 0 Å². The van der Waals surface area contributed by atoms with Crippen molar-refractivity contribution in [3.8, 4) is 0 Å². The Hall–Kier alpha value is -2.14. The van der Waals surface area contributed by atoms with Crippen LogP contribution in [0.15, 0.2) is 43.0 Å². The molecule has 0 saturated heterocycles. The van der Waals surface area contributed by atoms with E-state index >= 15 is 0 Å². The molecule has 2 N–H and O–H groups in total. The second kappa shape index (κ2) is 7.75. The van der Waals surface area contributed by atoms with Crippen molar-refractivity contribution in [3.05, 3.63) is 48.6 Å². The van der Waals surface area contributed by atoms with E-state index in [1.165, 1.54) is 6.08 Å². The molecule has 2 rings (SSSR count). The van der Waals surface area contributed by atoms with Crippen molar-refractivity contribution in [2.75, 3.05) is 13.2 Å². The highest BCUT2D eigenvalue weighted by molar-refractivity contribution is 5.88. The Labute approximate surface area is 130 Å². The lowest BCUT2D eigenvalue weighted by atomic mass is 9.93. The zero-order chi connectivity index (χ0) is 15.9. The quantitative estimate of drug-likeness (QED) is 0.540. The monoisotopic (exact) mass is 303 g/mol. The minimum absolute atomic E-state index is 0.0702. The van der Waals surface area contributed by atoms with Gasteiger partial charge in [-0.15, -0.1) is 6.58 Å². The van der Waals surface area contributed by atoms with E-state index in [-0.39, 0.29) is 25.0 Å². The Balaban J connectivity index is 2.03. The second-order valence-electron chi connectivity index (χ2n) is 5.45. The van der Waals surface area contributed by atoms with Crippen molar-refractivity contribution >= 4 is 11.9 Å². The average Bonchev–Trinajstić information content (AvgIpc) is 3.32. The molecule has 2 unspecified atom stereocenters. The van der Waals surface area contributed by atoms with Gasteiger partial charge >= 0.3 is 5.97 Å². The molecule has 0 aromatic heterocycles. The van der Waals surface area contributed by atoms with E-state index in [4.69, 9.17) is 4.74 Å². The predicted octanol–water partition coefficient (Wildman–Crippen LogP) is 1.95. The number of nitrogens with one attached hydrogen (secondary N) is 1. The van der Waals surface area contributed by atoms with Gasteiger partial charge in [0.25, 0.3) is 0 Å². The highest BCUT2D eigenvalue weighted by Gasteiger charge is 2.38. The minimum Gasteiger partial charge on any atom is -0.480 e. The number of hydrogen-bond acceptors (Lipinski definition) is 3. The molecule has 22 heavy (non-hydrogen) atoms. The molecular formula is C17H21NO4. The normalized spacial score (nSPS) is 16.5. The summed E-state index contributed by atoms with van der Waals surface area (Å²) in [6.07, 6.45) is 3.53. The first-order valence-corrected chi connectivity index (χ1v) is 7.40. The van der Waals surface area contributed by atoms with Crippen LogP contribution >= 0.6 is 0 Å². The summed E-state index contributed by atoms with van der Waals surface area (Å²) in [5.74, 6) is -1.34. The van der Waals surface area contributed by atoms with Crippen molar-refractivity contribution in [1.29, 1.82) is 0 Å². The lowest BCUT2D eigenvalue weighted by molar-refractivity contribution is -0.143. The van der Waals surface area contributed by atoms with Crippen molar-refractivity contribution < 1.29 is 19.4 Å². The van der Waals surface area contributed by atoms with Gasteiger partial charge in [-0.2, -0.15) is 0 Å². The minimum atomic E-state index is -1.10. The molecule has 2 atom stereocenters. The number of aliphatic carboxylic acids is 1. The fourth-order valence-electron chi connectivity index (χ4n) is 2.43. The number of amides is 1. The Morgan fingerprint density at radius 1 is 1.36 bits per heavy atom. The molecule has 1 saturated carbocycles. The lowest BCUT2D eigenvalue weighted by Gasteiger charge is -2.20. The largest absolute Gasteiger partial charge is 0.480 e. The molecule has 5 nitrogen and oxygen atoms in total. The van der Waals surface area contributed by atoms with Crippen LogP contribution in [0, 0.1) is 5.92 Å². The van der Waals surface area contributed by atoms with Crippen LogP contribution in [0.25, 0.3) is 0 Å². The first-order chi connectivity index (χ1) is 10.6. The number of carboxylic acid groups (broad SMARTS) is 1. The third-order valence-electron chi connectivity index (χ3n) is 3.67. The number of carboxylic acids is 1. The zero-order valence-corrected chi connectivity index (χ0v) is 12.4. The molecule has 0 spiro atoms. The maximum atomic E-state index is 12.5. The van der Waals surface area contributed by atoms with Gasteiger partial charge in [0.15, 0.2) is 6.04 Å². The molecule has 1 fully saturated rings. The lowest BCUT2D eigenvalue weighted by Crippen LogP contribution is -2.46. The molecule has 0 radical (unpaired) electrons. The van der Waals surface area contributed by atoms with E-state index in [0.29, 0.717) is 5.92 Å². The smallest absolute Gasteiger partial charge is 0.328 e. The molecule has 1 aliphatic carbocycles. The number of benzene rings is 1. The first-order valence-electron chi connectivity index (χ1n) is 7.40. The average molecular weight is 303 g/mol. The van der Waals surface area contributed by atoms with Gasteiger partial charge in [-0.1, -0.05) is 36.4 Å². The summed E-state index contributed by atoms with van der Waals surface area (Å²) in [5, 5.41) is 11.8. The second-order valence-corrected chi connectivity index (χ2v) is 5.45.